The molecule has 0 radical (unpaired) electrons. The number of hydrogen-bond acceptors (Lipinski definition) is 8. The van der Waals surface area contributed by atoms with Crippen molar-refractivity contribution in [1.82, 2.24) is 15.5 Å². The van der Waals surface area contributed by atoms with E-state index in [0.717, 1.165) is 19.3 Å². The van der Waals surface area contributed by atoms with E-state index in [4.69, 9.17) is 19.9 Å². The van der Waals surface area contributed by atoms with E-state index >= 15 is 0 Å². The van der Waals surface area contributed by atoms with E-state index in [2.05, 4.69) is 31.4 Å². The van der Waals surface area contributed by atoms with Gasteiger partial charge in [-0.25, -0.2) is 0 Å². The highest BCUT2D eigenvalue weighted by Gasteiger charge is 2.35. The Labute approximate surface area is 259 Å². The lowest BCUT2D eigenvalue weighted by Crippen LogP contribution is -2.57. The molecule has 43 heavy (non-hydrogen) atoms. The number of aliphatic hydroxyl groups excluding tert-OH is 1. The summed E-state index contributed by atoms with van der Waals surface area (Å²) in [6, 6.07) is 6.72. The van der Waals surface area contributed by atoms with E-state index in [0.29, 0.717) is 63.8 Å². The summed E-state index contributed by atoms with van der Waals surface area (Å²) in [6.07, 6.45) is 2.37. The molecule has 5 atom stereocenters. The number of nitrogens with zero attached hydrogens (tertiary/aromatic N) is 1. The summed E-state index contributed by atoms with van der Waals surface area (Å²) >= 11 is 0. The number of aliphatic hydroxyl groups is 1. The van der Waals surface area contributed by atoms with Crippen molar-refractivity contribution >= 4 is 11.8 Å². The zero-order valence-corrected chi connectivity index (χ0v) is 27.3. The standard InChI is InChI=1S/C33H58N4O6/c1-7-15-37(31-22-42-18-14-35-31)33(40)27(24(4)5)20-29(38)28(34)19-25(23(2)3)21-36-32(39)26-12-8-9-13-30(26)43-17-11-10-16-41-6/h8-9,12-13,23-25,27-29,31,35,38H,7,10-11,14-22,34H2,1-6H3,(H,36,39)/t25-,27+,28+,29+,31?/m1/s1. The number of morpholine rings is 1. The van der Waals surface area contributed by atoms with Gasteiger partial charge in [-0.2, -0.15) is 0 Å². The third kappa shape index (κ3) is 12.3. The summed E-state index contributed by atoms with van der Waals surface area (Å²) in [4.78, 5) is 28.7. The minimum Gasteiger partial charge on any atom is -0.493 e. The lowest BCUT2D eigenvalue weighted by atomic mass is 9.83. The van der Waals surface area contributed by atoms with Gasteiger partial charge in [0.25, 0.3) is 5.91 Å². The van der Waals surface area contributed by atoms with Gasteiger partial charge in [-0.15, -0.1) is 0 Å². The van der Waals surface area contributed by atoms with Crippen LogP contribution in [0.5, 0.6) is 5.75 Å². The summed E-state index contributed by atoms with van der Waals surface area (Å²) in [5, 5.41) is 17.7. The average molecular weight is 607 g/mol. The lowest BCUT2D eigenvalue weighted by molar-refractivity contribution is -0.144. The predicted molar refractivity (Wildman–Crippen MR) is 170 cm³/mol. The Morgan fingerprint density at radius 2 is 1.86 bits per heavy atom. The highest BCUT2D eigenvalue weighted by atomic mass is 16.5. The van der Waals surface area contributed by atoms with Crippen molar-refractivity contribution in [2.75, 3.05) is 53.2 Å². The second-order valence-corrected chi connectivity index (χ2v) is 12.4. The maximum Gasteiger partial charge on any atom is 0.255 e. The van der Waals surface area contributed by atoms with Gasteiger partial charge in [-0.1, -0.05) is 46.8 Å². The van der Waals surface area contributed by atoms with Crippen LogP contribution in [0.15, 0.2) is 24.3 Å². The Kier molecular flexibility index (Phi) is 17.1. The van der Waals surface area contributed by atoms with E-state index in [1.807, 2.05) is 36.9 Å². The summed E-state index contributed by atoms with van der Waals surface area (Å²) in [7, 11) is 1.68. The molecule has 1 unspecified atom stereocenters. The topological polar surface area (TPSA) is 135 Å². The highest BCUT2D eigenvalue weighted by Crippen LogP contribution is 2.26. The molecule has 1 heterocycles. The fourth-order valence-electron chi connectivity index (χ4n) is 5.45. The second-order valence-electron chi connectivity index (χ2n) is 12.4. The SMILES string of the molecule is CCCN(C(=O)[C@@H](C[C@H](O)[C@@H](N)C[C@H](CNC(=O)c1ccccc1OCCCCOC)C(C)C)C(C)C)C1COCCN1. The highest BCUT2D eigenvalue weighted by molar-refractivity contribution is 5.96. The Balaban J connectivity index is 1.99. The van der Waals surface area contributed by atoms with Crippen LogP contribution < -0.4 is 21.1 Å². The molecule has 1 aromatic carbocycles. The number of nitrogens with one attached hydrogen (secondary N) is 2. The molecule has 5 N–H and O–H groups in total. The van der Waals surface area contributed by atoms with Gasteiger partial charge in [-0.3, -0.25) is 14.9 Å². The maximum atomic E-state index is 13.7. The number of para-hydroxylation sites is 1. The van der Waals surface area contributed by atoms with Crippen molar-refractivity contribution in [3.05, 3.63) is 29.8 Å². The van der Waals surface area contributed by atoms with Gasteiger partial charge in [0.1, 0.15) is 11.9 Å². The number of benzene rings is 1. The van der Waals surface area contributed by atoms with Gasteiger partial charge < -0.3 is 35.3 Å². The third-order valence-electron chi connectivity index (χ3n) is 8.31. The summed E-state index contributed by atoms with van der Waals surface area (Å²) in [5.74, 6) is 0.338. The maximum absolute atomic E-state index is 13.7. The monoisotopic (exact) mass is 606 g/mol. The zero-order valence-electron chi connectivity index (χ0n) is 27.3. The number of carbonyl (C=O) groups excluding carboxylic acids is 2. The molecule has 1 saturated heterocycles. The molecule has 0 saturated carbocycles. The Bertz CT molecular complexity index is 940. The van der Waals surface area contributed by atoms with E-state index < -0.39 is 12.1 Å². The van der Waals surface area contributed by atoms with Crippen LogP contribution in [0, 0.1) is 23.7 Å². The molecule has 1 aliphatic heterocycles. The molecule has 1 fully saturated rings. The molecule has 2 rings (SSSR count). The molecule has 0 aliphatic carbocycles. The first-order valence-electron chi connectivity index (χ1n) is 16.1. The smallest absolute Gasteiger partial charge is 0.255 e. The van der Waals surface area contributed by atoms with E-state index in [1.54, 1.807) is 13.2 Å². The van der Waals surface area contributed by atoms with Gasteiger partial charge in [-0.05, 0) is 62.0 Å². The molecule has 1 aromatic rings. The third-order valence-corrected chi connectivity index (χ3v) is 8.31. The fourth-order valence-corrected chi connectivity index (χ4v) is 5.45. The van der Waals surface area contributed by atoms with Gasteiger partial charge in [0.05, 0.1) is 31.5 Å². The first kappa shape index (κ1) is 36.9. The Morgan fingerprint density at radius 1 is 1.14 bits per heavy atom. The second kappa shape index (κ2) is 19.9. The number of methoxy groups -OCH3 is 1. The molecular weight excluding hydrogens is 548 g/mol. The lowest BCUT2D eigenvalue weighted by Gasteiger charge is -2.38. The fraction of sp³-hybridized carbons (Fsp3) is 0.758. The van der Waals surface area contributed by atoms with Gasteiger partial charge in [0, 0.05) is 45.3 Å². The molecule has 1 aliphatic rings. The van der Waals surface area contributed by atoms with Crippen LogP contribution in [0.4, 0.5) is 0 Å². The number of unbranched alkanes of at least 4 members (excludes halogenated alkanes) is 1. The molecule has 10 nitrogen and oxygen atoms in total. The van der Waals surface area contributed by atoms with E-state index in [1.165, 1.54) is 0 Å². The van der Waals surface area contributed by atoms with E-state index in [-0.39, 0.29) is 48.1 Å². The number of rotatable bonds is 20. The number of carbonyl (C=O) groups is 2. The largest absolute Gasteiger partial charge is 0.493 e. The number of amides is 2. The number of ether oxygens (including phenoxy) is 3. The van der Waals surface area contributed by atoms with Crippen molar-refractivity contribution in [2.45, 2.75) is 85.0 Å². The van der Waals surface area contributed by atoms with Crippen LogP contribution in [0.2, 0.25) is 0 Å². The van der Waals surface area contributed by atoms with Crippen molar-refractivity contribution in [3.63, 3.8) is 0 Å². The van der Waals surface area contributed by atoms with Crippen LogP contribution in [-0.4, -0.2) is 93.3 Å². The Hall–Kier alpha value is -2.24. The van der Waals surface area contributed by atoms with Gasteiger partial charge in [0.15, 0.2) is 0 Å². The van der Waals surface area contributed by atoms with Crippen LogP contribution in [0.25, 0.3) is 0 Å². The van der Waals surface area contributed by atoms with Crippen LogP contribution in [0.1, 0.15) is 77.1 Å². The molecular formula is C33H58N4O6. The summed E-state index contributed by atoms with van der Waals surface area (Å²) < 4.78 is 16.6. The van der Waals surface area contributed by atoms with Gasteiger partial charge >= 0.3 is 0 Å². The minimum atomic E-state index is -0.848. The molecule has 0 aromatic heterocycles. The van der Waals surface area contributed by atoms with Gasteiger partial charge in [0.2, 0.25) is 5.91 Å². The number of nitrogens with two attached hydrogens (primary N) is 1. The molecule has 10 heteroatoms. The first-order valence-corrected chi connectivity index (χ1v) is 16.1. The van der Waals surface area contributed by atoms with Crippen molar-refractivity contribution < 1.29 is 28.9 Å². The predicted octanol–water partition coefficient (Wildman–Crippen LogP) is 3.42. The summed E-state index contributed by atoms with van der Waals surface area (Å²) in [6.45, 7) is 14.3. The van der Waals surface area contributed by atoms with Crippen LogP contribution >= 0.6 is 0 Å². The zero-order chi connectivity index (χ0) is 31.8. The quantitative estimate of drug-likeness (QED) is 0.166. The number of hydrogen-bond donors (Lipinski definition) is 4. The normalized spacial score (nSPS) is 18.2. The van der Waals surface area contributed by atoms with Crippen molar-refractivity contribution in [2.24, 2.45) is 29.4 Å². The molecule has 246 valence electrons. The van der Waals surface area contributed by atoms with Crippen LogP contribution in [0.3, 0.4) is 0 Å². The molecule has 0 spiro atoms. The average Bonchev–Trinajstić information content (AvgIpc) is 3.00. The molecule has 2 amide bonds. The van der Waals surface area contributed by atoms with Crippen molar-refractivity contribution in [3.8, 4) is 5.75 Å². The minimum absolute atomic E-state index is 0.0263. The molecule has 0 bridgehead atoms. The van der Waals surface area contributed by atoms with Crippen molar-refractivity contribution in [1.29, 1.82) is 0 Å². The Morgan fingerprint density at radius 3 is 2.49 bits per heavy atom. The van der Waals surface area contributed by atoms with E-state index in [9.17, 15) is 14.7 Å². The summed E-state index contributed by atoms with van der Waals surface area (Å²) in [5.41, 5.74) is 7.06. The van der Waals surface area contributed by atoms with Crippen LogP contribution in [-0.2, 0) is 14.3 Å². The first-order chi connectivity index (χ1) is 20.6.